The fraction of sp³-hybridized carbons (Fsp3) is 0.407. The van der Waals surface area contributed by atoms with Crippen molar-refractivity contribution in [3.05, 3.63) is 76.7 Å². The molecule has 1 aliphatic rings. The lowest BCUT2D eigenvalue weighted by Gasteiger charge is -2.13. The monoisotopic (exact) mass is 414 g/mol. The lowest BCUT2D eigenvalue weighted by molar-refractivity contribution is 0.605. The molecule has 1 aliphatic carbocycles. The van der Waals surface area contributed by atoms with Crippen LogP contribution in [0.1, 0.15) is 66.7 Å². The molecule has 2 aromatic carbocycles. The summed E-state index contributed by atoms with van der Waals surface area (Å²) in [7, 11) is 0. The van der Waals surface area contributed by atoms with Crippen molar-refractivity contribution in [1.82, 2.24) is 9.97 Å². The van der Waals surface area contributed by atoms with Crippen molar-refractivity contribution in [3.63, 3.8) is 0 Å². The van der Waals surface area contributed by atoms with Crippen LogP contribution in [0.2, 0.25) is 0 Å². The van der Waals surface area contributed by atoms with Gasteiger partial charge in [-0.25, -0.2) is 9.97 Å². The predicted molar refractivity (Wildman–Crippen MR) is 130 cm³/mol. The minimum Gasteiger partial charge on any atom is -0.369 e. The summed E-state index contributed by atoms with van der Waals surface area (Å²) < 4.78 is 0. The first kappa shape index (κ1) is 21.5. The van der Waals surface area contributed by atoms with Crippen molar-refractivity contribution in [1.29, 1.82) is 0 Å². The smallest absolute Gasteiger partial charge is 0.137 e. The van der Waals surface area contributed by atoms with E-state index in [0.29, 0.717) is 0 Å². The first-order chi connectivity index (χ1) is 15.2. The summed E-state index contributed by atoms with van der Waals surface area (Å²) in [6, 6.07) is 17.2. The molecule has 3 aromatic rings. The molecule has 0 bridgehead atoms. The van der Waals surface area contributed by atoms with Crippen LogP contribution in [0.25, 0.3) is 11.1 Å². The minimum absolute atomic E-state index is 0.763. The van der Waals surface area contributed by atoms with Gasteiger partial charge in [-0.15, -0.1) is 0 Å². The van der Waals surface area contributed by atoms with Crippen LogP contribution < -0.4 is 11.1 Å². The lowest BCUT2D eigenvalue weighted by Crippen LogP contribution is -2.09. The molecule has 0 saturated heterocycles. The molecule has 0 radical (unpaired) electrons. The highest BCUT2D eigenvalue weighted by Crippen LogP contribution is 2.40. The van der Waals surface area contributed by atoms with Gasteiger partial charge in [-0.05, 0) is 43.0 Å². The zero-order valence-electron chi connectivity index (χ0n) is 18.7. The summed E-state index contributed by atoms with van der Waals surface area (Å²) in [5, 5.41) is 3.66. The minimum atomic E-state index is 0.763. The molecule has 0 spiro atoms. The van der Waals surface area contributed by atoms with E-state index in [4.69, 9.17) is 15.7 Å². The van der Waals surface area contributed by atoms with E-state index in [9.17, 15) is 0 Å². The van der Waals surface area contributed by atoms with Crippen LogP contribution in [0.15, 0.2) is 48.5 Å². The lowest BCUT2D eigenvalue weighted by atomic mass is 10.0. The molecule has 3 N–H and O–H groups in total. The van der Waals surface area contributed by atoms with Gasteiger partial charge in [-0.1, -0.05) is 79.8 Å². The van der Waals surface area contributed by atoms with E-state index < -0.39 is 0 Å². The number of hydrogen-bond acceptors (Lipinski definition) is 4. The average Bonchev–Trinajstić information content (AvgIpc) is 3.13. The van der Waals surface area contributed by atoms with Crippen molar-refractivity contribution in [2.45, 2.75) is 58.3 Å². The fourth-order valence-corrected chi connectivity index (χ4v) is 4.43. The van der Waals surface area contributed by atoms with Crippen LogP contribution in [0, 0.1) is 6.92 Å². The summed E-state index contributed by atoms with van der Waals surface area (Å²) in [5.41, 5.74) is 13.1. The Kier molecular flexibility index (Phi) is 7.31. The molecule has 4 rings (SSSR count). The molecule has 4 nitrogen and oxygen atoms in total. The summed E-state index contributed by atoms with van der Waals surface area (Å²) >= 11 is 0. The van der Waals surface area contributed by atoms with Gasteiger partial charge >= 0.3 is 0 Å². The molecule has 1 aromatic heterocycles. The van der Waals surface area contributed by atoms with E-state index in [-0.39, 0.29) is 0 Å². The van der Waals surface area contributed by atoms with Crippen molar-refractivity contribution in [2.24, 2.45) is 5.73 Å². The predicted octanol–water partition coefficient (Wildman–Crippen LogP) is 5.66. The van der Waals surface area contributed by atoms with Crippen molar-refractivity contribution in [2.75, 3.05) is 18.4 Å². The number of rotatable bonds is 11. The van der Waals surface area contributed by atoms with Gasteiger partial charge in [0.05, 0.1) is 5.69 Å². The van der Waals surface area contributed by atoms with Crippen LogP contribution >= 0.6 is 0 Å². The third kappa shape index (κ3) is 5.50. The van der Waals surface area contributed by atoms with Crippen LogP contribution in [0.5, 0.6) is 0 Å². The zero-order chi connectivity index (χ0) is 21.5. The fourth-order valence-electron chi connectivity index (χ4n) is 4.43. The summed E-state index contributed by atoms with van der Waals surface area (Å²) in [6.07, 6.45) is 9.04. The van der Waals surface area contributed by atoms with E-state index >= 15 is 0 Å². The van der Waals surface area contributed by atoms with Crippen LogP contribution in [0.3, 0.4) is 0 Å². The first-order valence-electron chi connectivity index (χ1n) is 11.7. The standard InChI is InChI=1S/C27H34N4/c1-20-13-14-23-22(17-20)19-24-26(23)27(29-16-10-5-3-2-4-9-15-28)31-25(30-24)18-21-11-7-6-8-12-21/h6-8,11-14,17H,2-5,9-10,15-16,18-19,28H2,1H3,(H,29,30,31). The summed E-state index contributed by atoms with van der Waals surface area (Å²) in [5.74, 6) is 1.90. The van der Waals surface area contributed by atoms with Gasteiger partial charge < -0.3 is 11.1 Å². The van der Waals surface area contributed by atoms with Crippen LogP contribution in [0.4, 0.5) is 5.82 Å². The highest BCUT2D eigenvalue weighted by molar-refractivity contribution is 5.84. The Morgan fingerprint density at radius 3 is 2.48 bits per heavy atom. The average molecular weight is 415 g/mol. The molecular formula is C27H34N4. The highest BCUT2D eigenvalue weighted by Gasteiger charge is 2.25. The Morgan fingerprint density at radius 2 is 1.68 bits per heavy atom. The molecule has 162 valence electrons. The SMILES string of the molecule is Cc1ccc2c(c1)Cc1nc(Cc3ccccc3)nc(NCCCCCCCCN)c1-2. The van der Waals surface area contributed by atoms with Gasteiger partial charge in [0.25, 0.3) is 0 Å². The van der Waals surface area contributed by atoms with Gasteiger partial charge in [0.2, 0.25) is 0 Å². The molecule has 4 heteroatoms. The number of nitrogens with one attached hydrogen (secondary N) is 1. The maximum atomic E-state index is 5.58. The van der Waals surface area contributed by atoms with E-state index in [1.807, 2.05) is 0 Å². The molecule has 0 unspecified atom stereocenters. The van der Waals surface area contributed by atoms with E-state index in [0.717, 1.165) is 56.1 Å². The van der Waals surface area contributed by atoms with Gasteiger partial charge in [0, 0.05) is 24.9 Å². The van der Waals surface area contributed by atoms with E-state index in [1.54, 1.807) is 0 Å². The van der Waals surface area contributed by atoms with Crippen molar-refractivity contribution >= 4 is 5.82 Å². The second kappa shape index (κ2) is 10.5. The Morgan fingerprint density at radius 1 is 0.903 bits per heavy atom. The maximum absolute atomic E-state index is 5.58. The zero-order valence-corrected chi connectivity index (χ0v) is 18.7. The van der Waals surface area contributed by atoms with Crippen molar-refractivity contribution in [3.8, 4) is 11.1 Å². The number of nitrogens with two attached hydrogens (primary N) is 1. The number of fused-ring (bicyclic) bond motifs is 3. The first-order valence-corrected chi connectivity index (χ1v) is 11.7. The third-order valence-corrected chi connectivity index (χ3v) is 6.05. The molecule has 0 fully saturated rings. The highest BCUT2D eigenvalue weighted by atomic mass is 15.0. The number of anilines is 1. The Bertz CT molecular complexity index is 998. The van der Waals surface area contributed by atoms with Crippen LogP contribution in [-0.4, -0.2) is 23.1 Å². The van der Waals surface area contributed by atoms with Crippen LogP contribution in [-0.2, 0) is 12.8 Å². The van der Waals surface area contributed by atoms with E-state index in [1.165, 1.54) is 53.5 Å². The Labute approximate surface area is 186 Å². The topological polar surface area (TPSA) is 63.8 Å². The molecule has 0 atom stereocenters. The Hall–Kier alpha value is -2.72. The second-order valence-electron chi connectivity index (χ2n) is 8.65. The van der Waals surface area contributed by atoms with Gasteiger partial charge in [-0.2, -0.15) is 0 Å². The molecule has 0 amide bonds. The normalized spacial score (nSPS) is 11.9. The molecule has 1 heterocycles. The summed E-state index contributed by atoms with van der Waals surface area (Å²) in [4.78, 5) is 9.96. The van der Waals surface area contributed by atoms with Gasteiger partial charge in [0.15, 0.2) is 0 Å². The van der Waals surface area contributed by atoms with Gasteiger partial charge in [0.1, 0.15) is 11.6 Å². The number of aromatic nitrogens is 2. The summed E-state index contributed by atoms with van der Waals surface area (Å²) in [6.45, 7) is 3.92. The molecular weight excluding hydrogens is 380 g/mol. The van der Waals surface area contributed by atoms with Gasteiger partial charge in [-0.3, -0.25) is 0 Å². The van der Waals surface area contributed by atoms with Crippen molar-refractivity contribution < 1.29 is 0 Å². The molecule has 0 aliphatic heterocycles. The maximum Gasteiger partial charge on any atom is 0.137 e. The molecule has 0 saturated carbocycles. The quantitative estimate of drug-likeness (QED) is 0.311. The number of benzene rings is 2. The number of aryl methyl sites for hydroxylation is 1. The second-order valence-corrected chi connectivity index (χ2v) is 8.65. The number of nitrogens with zero attached hydrogens (tertiary/aromatic N) is 2. The largest absolute Gasteiger partial charge is 0.369 e. The van der Waals surface area contributed by atoms with E-state index in [2.05, 4.69) is 60.8 Å². The number of unbranched alkanes of at least 4 members (excludes halogenated alkanes) is 5. The Balaban J connectivity index is 1.49. The third-order valence-electron chi connectivity index (χ3n) is 6.05. The number of hydrogen-bond donors (Lipinski definition) is 2. The molecule has 31 heavy (non-hydrogen) atoms.